The highest BCUT2D eigenvalue weighted by molar-refractivity contribution is 5.88. The summed E-state index contributed by atoms with van der Waals surface area (Å²) in [6.07, 6.45) is 3.24. The molecule has 1 atom stereocenters. The number of nitrogens with two attached hydrogens (primary N) is 1. The largest absolute Gasteiger partial charge is 0.385 e. The standard InChI is InChI=1S/C9H18N2O/c1-4-9(2,12-3)8(10)11-7-5-6-7/h7H,4-6H2,1-3H3,(H2,10,11). The van der Waals surface area contributed by atoms with Gasteiger partial charge in [0.15, 0.2) is 0 Å². The van der Waals surface area contributed by atoms with Crippen LogP contribution in [0.1, 0.15) is 33.1 Å². The Balaban J connectivity index is 2.62. The number of ether oxygens (including phenoxy) is 1. The summed E-state index contributed by atoms with van der Waals surface area (Å²) in [6, 6.07) is 0.478. The fourth-order valence-corrected chi connectivity index (χ4v) is 0.967. The molecular weight excluding hydrogens is 152 g/mol. The minimum atomic E-state index is -0.359. The van der Waals surface area contributed by atoms with E-state index >= 15 is 0 Å². The van der Waals surface area contributed by atoms with Gasteiger partial charge in [0.1, 0.15) is 11.4 Å². The third-order valence-corrected chi connectivity index (χ3v) is 2.54. The highest BCUT2D eigenvalue weighted by atomic mass is 16.5. The van der Waals surface area contributed by atoms with Gasteiger partial charge in [0.25, 0.3) is 0 Å². The summed E-state index contributed by atoms with van der Waals surface area (Å²) in [4.78, 5) is 4.37. The number of aliphatic imine (C=N–C) groups is 1. The molecule has 1 aliphatic rings. The van der Waals surface area contributed by atoms with Crippen LogP contribution in [-0.2, 0) is 4.74 Å². The second kappa shape index (κ2) is 3.44. The molecule has 0 radical (unpaired) electrons. The van der Waals surface area contributed by atoms with E-state index in [9.17, 15) is 0 Å². The number of rotatable bonds is 4. The van der Waals surface area contributed by atoms with Gasteiger partial charge in [-0.15, -0.1) is 0 Å². The second-order valence-electron chi connectivity index (χ2n) is 3.53. The molecule has 2 N–H and O–H groups in total. The van der Waals surface area contributed by atoms with Crippen molar-refractivity contribution in [1.82, 2.24) is 0 Å². The predicted octanol–water partition coefficient (Wildman–Crippen LogP) is 1.32. The molecule has 0 spiro atoms. The zero-order chi connectivity index (χ0) is 9.19. The highest BCUT2D eigenvalue weighted by Gasteiger charge is 2.29. The molecule has 0 aromatic carbocycles. The zero-order valence-electron chi connectivity index (χ0n) is 8.13. The van der Waals surface area contributed by atoms with Gasteiger partial charge >= 0.3 is 0 Å². The monoisotopic (exact) mass is 170 g/mol. The van der Waals surface area contributed by atoms with Crippen LogP contribution in [0, 0.1) is 0 Å². The Bertz CT molecular complexity index is 181. The van der Waals surface area contributed by atoms with Crippen LogP contribution < -0.4 is 5.73 Å². The summed E-state index contributed by atoms with van der Waals surface area (Å²) >= 11 is 0. The van der Waals surface area contributed by atoms with E-state index in [1.807, 2.05) is 6.92 Å². The average molecular weight is 170 g/mol. The normalized spacial score (nSPS) is 23.8. The lowest BCUT2D eigenvalue weighted by molar-refractivity contribution is 0.0617. The minimum absolute atomic E-state index is 0.359. The Kier molecular flexibility index (Phi) is 2.73. The van der Waals surface area contributed by atoms with E-state index in [0.29, 0.717) is 11.9 Å². The number of hydrogen-bond donors (Lipinski definition) is 1. The highest BCUT2D eigenvalue weighted by Crippen LogP contribution is 2.25. The van der Waals surface area contributed by atoms with E-state index in [1.165, 1.54) is 12.8 Å². The first-order valence-electron chi connectivity index (χ1n) is 4.51. The maximum atomic E-state index is 5.84. The Labute approximate surface area is 74.0 Å². The fraction of sp³-hybridized carbons (Fsp3) is 0.889. The van der Waals surface area contributed by atoms with Gasteiger partial charge in [0.2, 0.25) is 0 Å². The molecule has 1 rings (SSSR count). The third-order valence-electron chi connectivity index (χ3n) is 2.54. The SMILES string of the molecule is CCC(C)(OC)C(N)=NC1CC1. The molecule has 1 saturated carbocycles. The number of hydrogen-bond acceptors (Lipinski definition) is 2. The van der Waals surface area contributed by atoms with Gasteiger partial charge < -0.3 is 10.5 Å². The van der Waals surface area contributed by atoms with Gasteiger partial charge in [0, 0.05) is 7.11 Å². The molecule has 0 aliphatic heterocycles. The molecule has 1 fully saturated rings. The fourth-order valence-electron chi connectivity index (χ4n) is 0.967. The van der Waals surface area contributed by atoms with E-state index in [-0.39, 0.29) is 5.60 Å². The van der Waals surface area contributed by atoms with Crippen molar-refractivity contribution in [2.24, 2.45) is 10.7 Å². The summed E-state index contributed by atoms with van der Waals surface area (Å²) < 4.78 is 5.32. The van der Waals surface area contributed by atoms with E-state index in [0.717, 1.165) is 6.42 Å². The van der Waals surface area contributed by atoms with Crippen LogP contribution in [0.2, 0.25) is 0 Å². The molecule has 1 aliphatic carbocycles. The first-order chi connectivity index (χ1) is 5.62. The molecule has 1 unspecified atom stereocenters. The smallest absolute Gasteiger partial charge is 0.126 e. The van der Waals surface area contributed by atoms with Crippen LogP contribution in [0.15, 0.2) is 4.99 Å². The molecule has 0 aromatic heterocycles. The van der Waals surface area contributed by atoms with Gasteiger partial charge in [-0.2, -0.15) is 0 Å². The summed E-state index contributed by atoms with van der Waals surface area (Å²) in [6.45, 7) is 4.03. The first kappa shape index (κ1) is 9.52. The molecule has 12 heavy (non-hydrogen) atoms. The third kappa shape index (κ3) is 1.97. The van der Waals surface area contributed by atoms with Crippen LogP contribution in [0.5, 0.6) is 0 Å². The Morgan fingerprint density at radius 2 is 2.25 bits per heavy atom. The van der Waals surface area contributed by atoms with Crippen molar-refractivity contribution >= 4 is 5.84 Å². The predicted molar refractivity (Wildman–Crippen MR) is 50.3 cm³/mol. The van der Waals surface area contributed by atoms with Crippen molar-refractivity contribution < 1.29 is 4.74 Å². The van der Waals surface area contributed by atoms with Crippen molar-refractivity contribution in [3.05, 3.63) is 0 Å². The molecule has 0 amide bonds. The molecule has 0 heterocycles. The Morgan fingerprint density at radius 1 is 1.67 bits per heavy atom. The molecule has 70 valence electrons. The van der Waals surface area contributed by atoms with Crippen molar-refractivity contribution in [3.8, 4) is 0 Å². The number of amidine groups is 1. The quantitative estimate of drug-likeness (QED) is 0.511. The van der Waals surface area contributed by atoms with Crippen LogP contribution in [-0.4, -0.2) is 24.6 Å². The maximum Gasteiger partial charge on any atom is 0.126 e. The van der Waals surface area contributed by atoms with Crippen LogP contribution >= 0.6 is 0 Å². The molecule has 0 aromatic rings. The lowest BCUT2D eigenvalue weighted by Gasteiger charge is -2.25. The lowest BCUT2D eigenvalue weighted by atomic mass is 10.0. The summed E-state index contributed by atoms with van der Waals surface area (Å²) in [5.41, 5.74) is 5.48. The van der Waals surface area contributed by atoms with E-state index in [1.54, 1.807) is 7.11 Å². The van der Waals surface area contributed by atoms with E-state index < -0.39 is 0 Å². The van der Waals surface area contributed by atoms with Crippen molar-refractivity contribution in [1.29, 1.82) is 0 Å². The molecule has 0 saturated heterocycles. The lowest BCUT2D eigenvalue weighted by Crippen LogP contribution is -2.42. The van der Waals surface area contributed by atoms with E-state index in [2.05, 4.69) is 11.9 Å². The van der Waals surface area contributed by atoms with Crippen molar-refractivity contribution in [2.45, 2.75) is 44.8 Å². The zero-order valence-corrected chi connectivity index (χ0v) is 8.13. The van der Waals surface area contributed by atoms with Crippen LogP contribution in [0.25, 0.3) is 0 Å². The van der Waals surface area contributed by atoms with Gasteiger partial charge in [-0.1, -0.05) is 6.92 Å². The first-order valence-corrected chi connectivity index (χ1v) is 4.51. The van der Waals surface area contributed by atoms with Crippen LogP contribution in [0.3, 0.4) is 0 Å². The second-order valence-corrected chi connectivity index (χ2v) is 3.53. The molecule has 3 heteroatoms. The van der Waals surface area contributed by atoms with E-state index in [4.69, 9.17) is 10.5 Å². The molecule has 0 bridgehead atoms. The molecule has 3 nitrogen and oxygen atoms in total. The van der Waals surface area contributed by atoms with Gasteiger partial charge in [-0.05, 0) is 26.2 Å². The van der Waals surface area contributed by atoms with Crippen molar-refractivity contribution in [3.63, 3.8) is 0 Å². The number of methoxy groups -OCH3 is 1. The summed E-state index contributed by atoms with van der Waals surface area (Å²) in [5, 5.41) is 0. The Hall–Kier alpha value is -0.570. The number of nitrogens with zero attached hydrogens (tertiary/aromatic N) is 1. The topological polar surface area (TPSA) is 47.6 Å². The summed E-state index contributed by atoms with van der Waals surface area (Å²) in [7, 11) is 1.68. The summed E-state index contributed by atoms with van der Waals surface area (Å²) in [5.74, 6) is 0.648. The van der Waals surface area contributed by atoms with Gasteiger partial charge in [-0.25, -0.2) is 0 Å². The molecular formula is C9H18N2O. The minimum Gasteiger partial charge on any atom is -0.385 e. The Morgan fingerprint density at radius 3 is 2.58 bits per heavy atom. The average Bonchev–Trinajstić information content (AvgIpc) is 2.86. The van der Waals surface area contributed by atoms with Gasteiger partial charge in [0.05, 0.1) is 6.04 Å². The van der Waals surface area contributed by atoms with Gasteiger partial charge in [-0.3, -0.25) is 4.99 Å². The van der Waals surface area contributed by atoms with Crippen LogP contribution in [0.4, 0.5) is 0 Å². The van der Waals surface area contributed by atoms with Crippen molar-refractivity contribution in [2.75, 3.05) is 7.11 Å². The maximum absolute atomic E-state index is 5.84.